The highest BCUT2D eigenvalue weighted by Crippen LogP contribution is 2.37. The summed E-state index contributed by atoms with van der Waals surface area (Å²) < 4.78 is 5.92. The molecule has 0 aliphatic carbocycles. The van der Waals surface area contributed by atoms with E-state index in [9.17, 15) is 10.1 Å². The fraction of sp³-hybridized carbons (Fsp3) is 0.0667. The summed E-state index contributed by atoms with van der Waals surface area (Å²) >= 11 is 0. The maximum atomic E-state index is 13.5. The van der Waals surface area contributed by atoms with Crippen molar-refractivity contribution < 1.29 is 9.21 Å². The molecule has 36 heavy (non-hydrogen) atoms. The lowest BCUT2D eigenvalue weighted by Gasteiger charge is -2.29. The van der Waals surface area contributed by atoms with Crippen molar-refractivity contribution in [3.63, 3.8) is 0 Å². The molecule has 3 aromatic heterocycles. The van der Waals surface area contributed by atoms with E-state index < -0.39 is 6.04 Å². The highest BCUT2D eigenvalue weighted by Gasteiger charge is 2.30. The number of carbonyl (C=O) groups is 1. The summed E-state index contributed by atoms with van der Waals surface area (Å²) in [6, 6.07) is 29.7. The van der Waals surface area contributed by atoms with Crippen LogP contribution in [0.2, 0.25) is 0 Å². The minimum Gasteiger partial charge on any atom is -0.451 e. The van der Waals surface area contributed by atoms with Gasteiger partial charge in [-0.25, -0.2) is 0 Å². The average Bonchev–Trinajstić information content (AvgIpc) is 3.45. The van der Waals surface area contributed by atoms with Crippen molar-refractivity contribution in [3.8, 4) is 17.4 Å². The number of hydrogen-bond acceptors (Lipinski definition) is 5. The van der Waals surface area contributed by atoms with E-state index in [-0.39, 0.29) is 17.6 Å². The van der Waals surface area contributed by atoms with E-state index in [2.05, 4.69) is 21.4 Å². The molecule has 1 N–H and O–H groups in total. The fourth-order valence-electron chi connectivity index (χ4n) is 4.29. The van der Waals surface area contributed by atoms with Crippen molar-refractivity contribution >= 4 is 5.91 Å². The van der Waals surface area contributed by atoms with Gasteiger partial charge < -0.3 is 9.73 Å². The monoisotopic (exact) mass is 470 g/mol. The van der Waals surface area contributed by atoms with Crippen LogP contribution in [0.25, 0.3) is 11.3 Å². The third-order valence-corrected chi connectivity index (χ3v) is 5.97. The van der Waals surface area contributed by atoms with Gasteiger partial charge in [0.2, 0.25) is 0 Å². The molecule has 0 spiro atoms. The van der Waals surface area contributed by atoms with Gasteiger partial charge in [-0.2, -0.15) is 5.26 Å². The minimum atomic E-state index is -0.524. The van der Waals surface area contributed by atoms with Crippen LogP contribution in [0.3, 0.4) is 0 Å². The SMILES string of the molecule is N#Cc1cccc(C(NC(=O)c2ccc(-c3ccccc3)o2)C(c2cccnc2)c2cccnc2)c1. The molecule has 174 valence electrons. The number of rotatable bonds is 7. The van der Waals surface area contributed by atoms with Crippen LogP contribution in [-0.4, -0.2) is 15.9 Å². The second-order valence-electron chi connectivity index (χ2n) is 8.27. The first-order chi connectivity index (χ1) is 17.7. The molecule has 6 heteroatoms. The molecule has 5 aromatic rings. The van der Waals surface area contributed by atoms with Gasteiger partial charge in [-0.15, -0.1) is 0 Å². The molecule has 1 atom stereocenters. The maximum Gasteiger partial charge on any atom is 0.287 e. The Labute approximate surface area is 208 Å². The van der Waals surface area contributed by atoms with Gasteiger partial charge in [0.1, 0.15) is 5.76 Å². The number of nitrogens with one attached hydrogen (secondary N) is 1. The summed E-state index contributed by atoms with van der Waals surface area (Å²) in [6.45, 7) is 0. The molecule has 6 nitrogen and oxygen atoms in total. The van der Waals surface area contributed by atoms with E-state index in [1.165, 1.54) is 0 Å². The quantitative estimate of drug-likeness (QED) is 0.319. The number of nitrogens with zero attached hydrogens (tertiary/aromatic N) is 3. The molecule has 0 radical (unpaired) electrons. The third-order valence-electron chi connectivity index (χ3n) is 5.97. The molecule has 0 aliphatic heterocycles. The lowest BCUT2D eigenvalue weighted by Crippen LogP contribution is -2.33. The molecule has 0 saturated heterocycles. The Balaban J connectivity index is 1.56. The van der Waals surface area contributed by atoms with Gasteiger partial charge in [0.15, 0.2) is 5.76 Å². The Kier molecular flexibility index (Phi) is 6.63. The number of carbonyl (C=O) groups excluding carboxylic acids is 1. The van der Waals surface area contributed by atoms with E-state index >= 15 is 0 Å². The third kappa shape index (κ3) is 4.91. The van der Waals surface area contributed by atoms with Gasteiger partial charge in [-0.3, -0.25) is 14.8 Å². The average molecular weight is 471 g/mol. The summed E-state index contributed by atoms with van der Waals surface area (Å²) in [7, 11) is 0. The van der Waals surface area contributed by atoms with Crippen LogP contribution in [0.4, 0.5) is 0 Å². The molecule has 5 rings (SSSR count). The lowest BCUT2D eigenvalue weighted by molar-refractivity contribution is 0.0905. The molecule has 0 aliphatic rings. The van der Waals surface area contributed by atoms with Crippen LogP contribution >= 0.6 is 0 Å². The van der Waals surface area contributed by atoms with Crippen LogP contribution in [-0.2, 0) is 0 Å². The van der Waals surface area contributed by atoms with Gasteiger partial charge >= 0.3 is 0 Å². The molecule has 2 aromatic carbocycles. The Bertz CT molecular complexity index is 1450. The second-order valence-corrected chi connectivity index (χ2v) is 8.27. The Morgan fingerprint density at radius 2 is 1.50 bits per heavy atom. The zero-order chi connectivity index (χ0) is 24.7. The van der Waals surface area contributed by atoms with E-state index in [0.717, 1.165) is 22.3 Å². The predicted molar refractivity (Wildman–Crippen MR) is 136 cm³/mol. The first-order valence-corrected chi connectivity index (χ1v) is 11.5. The number of aromatic nitrogens is 2. The fourth-order valence-corrected chi connectivity index (χ4v) is 4.29. The molecule has 3 heterocycles. The van der Waals surface area contributed by atoms with Gasteiger partial charge in [-0.05, 0) is 53.1 Å². The first-order valence-electron chi connectivity index (χ1n) is 11.5. The summed E-state index contributed by atoms with van der Waals surface area (Å²) in [4.78, 5) is 22.1. The minimum absolute atomic E-state index is 0.200. The van der Waals surface area contributed by atoms with E-state index in [0.29, 0.717) is 11.3 Å². The normalized spacial score (nSPS) is 11.6. The predicted octanol–water partition coefficient (Wildman–Crippen LogP) is 5.91. The van der Waals surface area contributed by atoms with Crippen LogP contribution in [0.5, 0.6) is 0 Å². The number of benzene rings is 2. The molecule has 0 fully saturated rings. The van der Waals surface area contributed by atoms with E-state index in [4.69, 9.17) is 4.42 Å². The zero-order valence-corrected chi connectivity index (χ0v) is 19.3. The van der Waals surface area contributed by atoms with Crippen molar-refractivity contribution in [3.05, 3.63) is 144 Å². The van der Waals surface area contributed by atoms with Crippen molar-refractivity contribution in [1.82, 2.24) is 15.3 Å². The first kappa shape index (κ1) is 22.8. The Morgan fingerprint density at radius 3 is 2.14 bits per heavy atom. The summed E-state index contributed by atoms with van der Waals surface area (Å²) in [6.07, 6.45) is 6.99. The maximum absolute atomic E-state index is 13.5. The standard InChI is InChI=1S/C30H22N4O2/c31-18-21-7-4-10-23(17-21)29(28(24-11-5-15-32-19-24)25-12-6-16-33-20-25)34-30(35)27-14-13-26(36-27)22-8-2-1-3-9-22/h1-17,19-20,28-29H,(H,34,35). The molecule has 1 amide bonds. The van der Waals surface area contributed by atoms with Crippen molar-refractivity contribution in [2.75, 3.05) is 0 Å². The van der Waals surface area contributed by atoms with Crippen molar-refractivity contribution in [2.24, 2.45) is 0 Å². The molecular formula is C30H22N4O2. The summed E-state index contributed by atoms with van der Waals surface area (Å²) in [5.41, 5.74) is 3.99. The van der Waals surface area contributed by atoms with E-state index in [1.807, 2.05) is 66.7 Å². The van der Waals surface area contributed by atoms with Gasteiger partial charge in [0.05, 0.1) is 17.7 Å². The summed E-state index contributed by atoms with van der Waals surface area (Å²) in [5.74, 6) is 0.141. The van der Waals surface area contributed by atoms with Gasteiger partial charge in [-0.1, -0.05) is 54.6 Å². The highest BCUT2D eigenvalue weighted by atomic mass is 16.3. The van der Waals surface area contributed by atoms with Crippen molar-refractivity contribution in [1.29, 1.82) is 5.26 Å². The number of amides is 1. The zero-order valence-electron chi connectivity index (χ0n) is 19.3. The van der Waals surface area contributed by atoms with Crippen molar-refractivity contribution in [2.45, 2.75) is 12.0 Å². The molecule has 0 bridgehead atoms. The Morgan fingerprint density at radius 1 is 0.806 bits per heavy atom. The summed E-state index contributed by atoms with van der Waals surface area (Å²) in [5, 5.41) is 12.7. The molecular weight excluding hydrogens is 448 g/mol. The van der Waals surface area contributed by atoms with Crippen LogP contribution < -0.4 is 5.32 Å². The lowest BCUT2D eigenvalue weighted by atomic mass is 9.82. The Hall–Kier alpha value is -5.02. The van der Waals surface area contributed by atoms with Crippen LogP contribution in [0.1, 0.15) is 44.8 Å². The number of furan rings is 1. The topological polar surface area (TPSA) is 91.8 Å². The van der Waals surface area contributed by atoms with Crippen LogP contribution in [0.15, 0.2) is 120 Å². The largest absolute Gasteiger partial charge is 0.451 e. The van der Waals surface area contributed by atoms with Crippen LogP contribution in [0, 0.1) is 11.3 Å². The number of nitriles is 1. The number of pyridine rings is 2. The van der Waals surface area contributed by atoms with Gasteiger partial charge in [0.25, 0.3) is 5.91 Å². The van der Waals surface area contributed by atoms with Gasteiger partial charge in [0, 0.05) is 36.3 Å². The smallest absolute Gasteiger partial charge is 0.287 e. The highest BCUT2D eigenvalue weighted by molar-refractivity contribution is 5.92. The molecule has 1 unspecified atom stereocenters. The second kappa shape index (κ2) is 10.5. The van der Waals surface area contributed by atoms with E-state index in [1.54, 1.807) is 49.1 Å². The molecule has 0 saturated carbocycles. The number of hydrogen-bond donors (Lipinski definition) is 1.